The first-order valence-corrected chi connectivity index (χ1v) is 7.68. The van der Waals surface area contributed by atoms with Gasteiger partial charge in [-0.2, -0.15) is 0 Å². The SMILES string of the molecule is COc1cc2c(cc1OC)[C@@H](c1ccccc1)[C@H](C(=O)O)CC2. The summed E-state index contributed by atoms with van der Waals surface area (Å²) in [5, 5.41) is 9.67. The lowest BCUT2D eigenvalue weighted by Crippen LogP contribution is -2.28. The van der Waals surface area contributed by atoms with Gasteiger partial charge in [-0.1, -0.05) is 30.3 Å². The quantitative estimate of drug-likeness (QED) is 0.939. The third-order valence-electron chi connectivity index (χ3n) is 4.58. The molecule has 1 aliphatic rings. The second kappa shape index (κ2) is 6.32. The zero-order valence-electron chi connectivity index (χ0n) is 13.3. The lowest BCUT2D eigenvalue weighted by molar-refractivity contribution is -0.142. The van der Waals surface area contributed by atoms with Crippen molar-refractivity contribution in [2.45, 2.75) is 18.8 Å². The Balaban J connectivity index is 2.17. The molecule has 2 atom stereocenters. The van der Waals surface area contributed by atoms with E-state index >= 15 is 0 Å². The summed E-state index contributed by atoms with van der Waals surface area (Å²) in [5.41, 5.74) is 3.18. The topological polar surface area (TPSA) is 55.8 Å². The number of carboxylic acid groups (broad SMARTS) is 1. The van der Waals surface area contributed by atoms with Crippen molar-refractivity contribution >= 4 is 5.97 Å². The molecule has 4 heteroatoms. The van der Waals surface area contributed by atoms with E-state index in [1.807, 2.05) is 42.5 Å². The van der Waals surface area contributed by atoms with Crippen LogP contribution in [0.15, 0.2) is 42.5 Å². The van der Waals surface area contributed by atoms with Crippen LogP contribution in [0.25, 0.3) is 0 Å². The molecule has 120 valence electrons. The molecule has 0 heterocycles. The van der Waals surface area contributed by atoms with Gasteiger partial charge in [-0.3, -0.25) is 4.79 Å². The molecule has 3 rings (SSSR count). The van der Waals surface area contributed by atoms with Crippen LogP contribution in [0.3, 0.4) is 0 Å². The van der Waals surface area contributed by atoms with E-state index in [-0.39, 0.29) is 5.92 Å². The van der Waals surface area contributed by atoms with Crippen molar-refractivity contribution < 1.29 is 19.4 Å². The van der Waals surface area contributed by atoms with E-state index in [2.05, 4.69) is 0 Å². The van der Waals surface area contributed by atoms with Crippen molar-refractivity contribution in [1.29, 1.82) is 0 Å². The Labute approximate surface area is 135 Å². The van der Waals surface area contributed by atoms with Gasteiger partial charge in [-0.25, -0.2) is 0 Å². The molecule has 4 nitrogen and oxygen atoms in total. The Hall–Kier alpha value is -2.49. The fourth-order valence-corrected chi connectivity index (χ4v) is 3.48. The van der Waals surface area contributed by atoms with Gasteiger partial charge in [0, 0.05) is 5.92 Å². The summed E-state index contributed by atoms with van der Waals surface area (Å²) in [4.78, 5) is 11.8. The molecule has 0 spiro atoms. The van der Waals surface area contributed by atoms with Gasteiger partial charge in [-0.05, 0) is 41.7 Å². The van der Waals surface area contributed by atoms with Gasteiger partial charge >= 0.3 is 5.97 Å². The monoisotopic (exact) mass is 312 g/mol. The third-order valence-corrected chi connectivity index (χ3v) is 4.58. The van der Waals surface area contributed by atoms with Crippen LogP contribution < -0.4 is 9.47 Å². The minimum Gasteiger partial charge on any atom is -0.493 e. The summed E-state index contributed by atoms with van der Waals surface area (Å²) < 4.78 is 10.8. The number of carboxylic acids is 1. The number of hydrogen-bond acceptors (Lipinski definition) is 3. The summed E-state index contributed by atoms with van der Waals surface area (Å²) in [6.07, 6.45) is 1.35. The Bertz CT molecular complexity index is 709. The number of carbonyl (C=O) groups is 1. The van der Waals surface area contributed by atoms with E-state index in [9.17, 15) is 9.90 Å². The molecule has 0 amide bonds. The summed E-state index contributed by atoms with van der Waals surface area (Å²) in [6, 6.07) is 13.7. The zero-order chi connectivity index (χ0) is 16.4. The molecule has 1 aliphatic carbocycles. The number of aryl methyl sites for hydroxylation is 1. The average Bonchev–Trinajstić information content (AvgIpc) is 2.59. The lowest BCUT2D eigenvalue weighted by Gasteiger charge is -2.32. The molecule has 0 aliphatic heterocycles. The minimum absolute atomic E-state index is 0.169. The second-order valence-electron chi connectivity index (χ2n) is 5.78. The first kappa shape index (κ1) is 15.4. The van der Waals surface area contributed by atoms with Gasteiger partial charge in [0.15, 0.2) is 11.5 Å². The van der Waals surface area contributed by atoms with Crippen LogP contribution in [0.5, 0.6) is 11.5 Å². The van der Waals surface area contributed by atoms with Crippen LogP contribution in [0, 0.1) is 5.92 Å². The van der Waals surface area contributed by atoms with E-state index in [1.54, 1.807) is 14.2 Å². The van der Waals surface area contributed by atoms with E-state index < -0.39 is 11.9 Å². The van der Waals surface area contributed by atoms with Crippen molar-refractivity contribution in [3.8, 4) is 11.5 Å². The highest BCUT2D eigenvalue weighted by molar-refractivity contribution is 5.73. The lowest BCUT2D eigenvalue weighted by atomic mass is 9.71. The molecule has 0 fully saturated rings. The number of aliphatic carboxylic acids is 1. The van der Waals surface area contributed by atoms with E-state index in [1.165, 1.54) is 0 Å². The molecule has 2 aromatic rings. The van der Waals surface area contributed by atoms with E-state index in [4.69, 9.17) is 9.47 Å². The maximum atomic E-state index is 11.8. The number of fused-ring (bicyclic) bond motifs is 1. The average molecular weight is 312 g/mol. The second-order valence-corrected chi connectivity index (χ2v) is 5.78. The van der Waals surface area contributed by atoms with Crippen LogP contribution in [0.1, 0.15) is 29.0 Å². The molecule has 0 saturated carbocycles. The predicted octanol–water partition coefficient (Wildman–Crippen LogP) is 3.48. The Morgan fingerprint density at radius 1 is 1.09 bits per heavy atom. The van der Waals surface area contributed by atoms with Gasteiger partial charge in [-0.15, -0.1) is 0 Å². The smallest absolute Gasteiger partial charge is 0.307 e. The molecular formula is C19H20O4. The molecule has 0 saturated heterocycles. The highest BCUT2D eigenvalue weighted by Gasteiger charge is 2.36. The van der Waals surface area contributed by atoms with Crippen LogP contribution in [0.2, 0.25) is 0 Å². The van der Waals surface area contributed by atoms with Crippen LogP contribution in [-0.2, 0) is 11.2 Å². The maximum absolute atomic E-state index is 11.8. The normalized spacial score (nSPS) is 19.7. The van der Waals surface area contributed by atoms with Crippen molar-refractivity contribution in [1.82, 2.24) is 0 Å². The minimum atomic E-state index is -0.751. The molecule has 23 heavy (non-hydrogen) atoms. The number of hydrogen-bond donors (Lipinski definition) is 1. The molecule has 2 aromatic carbocycles. The van der Waals surface area contributed by atoms with Gasteiger partial charge in [0.1, 0.15) is 0 Å². The first-order chi connectivity index (χ1) is 11.2. The van der Waals surface area contributed by atoms with Crippen LogP contribution in [-0.4, -0.2) is 25.3 Å². The number of methoxy groups -OCH3 is 2. The highest BCUT2D eigenvalue weighted by atomic mass is 16.5. The van der Waals surface area contributed by atoms with Gasteiger partial charge < -0.3 is 14.6 Å². The van der Waals surface area contributed by atoms with Gasteiger partial charge in [0.05, 0.1) is 20.1 Å². The summed E-state index contributed by atoms with van der Waals surface area (Å²) in [5.74, 6) is -0.0235. The fourth-order valence-electron chi connectivity index (χ4n) is 3.48. The summed E-state index contributed by atoms with van der Waals surface area (Å²) in [6.45, 7) is 0. The highest BCUT2D eigenvalue weighted by Crippen LogP contribution is 2.44. The number of ether oxygens (including phenoxy) is 2. The Kier molecular flexibility index (Phi) is 4.24. The van der Waals surface area contributed by atoms with E-state index in [0.717, 1.165) is 23.1 Å². The molecular weight excluding hydrogens is 292 g/mol. The molecule has 0 aromatic heterocycles. The van der Waals surface area contributed by atoms with Crippen molar-refractivity contribution in [2.24, 2.45) is 5.92 Å². The molecule has 0 radical (unpaired) electrons. The molecule has 0 bridgehead atoms. The van der Waals surface area contributed by atoms with Crippen molar-refractivity contribution in [3.05, 3.63) is 59.2 Å². The third kappa shape index (κ3) is 2.77. The maximum Gasteiger partial charge on any atom is 0.307 e. The number of rotatable bonds is 4. The molecule has 1 N–H and O–H groups in total. The first-order valence-electron chi connectivity index (χ1n) is 7.68. The number of benzene rings is 2. The Morgan fingerprint density at radius 2 is 1.74 bits per heavy atom. The van der Waals surface area contributed by atoms with Gasteiger partial charge in [0.25, 0.3) is 0 Å². The predicted molar refractivity (Wildman–Crippen MR) is 87.3 cm³/mol. The van der Waals surface area contributed by atoms with Crippen molar-refractivity contribution in [3.63, 3.8) is 0 Å². The summed E-state index contributed by atoms with van der Waals surface area (Å²) in [7, 11) is 3.21. The fraction of sp³-hybridized carbons (Fsp3) is 0.316. The molecule has 0 unspecified atom stereocenters. The largest absolute Gasteiger partial charge is 0.493 e. The van der Waals surface area contributed by atoms with E-state index in [0.29, 0.717) is 17.9 Å². The zero-order valence-corrected chi connectivity index (χ0v) is 13.3. The van der Waals surface area contributed by atoms with Crippen LogP contribution >= 0.6 is 0 Å². The standard InChI is InChI=1S/C19H20O4/c1-22-16-10-13-8-9-14(19(20)21)18(12-6-4-3-5-7-12)15(13)11-17(16)23-2/h3-7,10-11,14,18H,8-9H2,1-2H3,(H,20,21)/t14-,18+/m1/s1. The van der Waals surface area contributed by atoms with Crippen molar-refractivity contribution in [2.75, 3.05) is 14.2 Å². The summed E-state index contributed by atoms with van der Waals surface area (Å²) >= 11 is 0. The van der Waals surface area contributed by atoms with Crippen LogP contribution in [0.4, 0.5) is 0 Å². The Morgan fingerprint density at radius 3 is 2.35 bits per heavy atom. The van der Waals surface area contributed by atoms with Gasteiger partial charge in [0.2, 0.25) is 0 Å².